The Morgan fingerprint density at radius 3 is 2.82 bits per heavy atom. The van der Waals surface area contributed by atoms with Gasteiger partial charge in [-0.15, -0.1) is 0 Å². The van der Waals surface area contributed by atoms with E-state index in [0.717, 1.165) is 45.0 Å². The molecule has 2 aromatic carbocycles. The van der Waals surface area contributed by atoms with Crippen LogP contribution in [0.3, 0.4) is 0 Å². The summed E-state index contributed by atoms with van der Waals surface area (Å²) in [4.78, 5) is 17.5. The third-order valence-electron chi connectivity index (χ3n) is 5.68. The first-order valence-electron chi connectivity index (χ1n) is 11.2. The number of rotatable bonds is 7. The monoisotopic (exact) mass is 462 g/mol. The molecule has 0 aliphatic carbocycles. The first kappa shape index (κ1) is 21.5. The molecule has 7 nitrogen and oxygen atoms in total. The maximum atomic E-state index is 12.7. The van der Waals surface area contributed by atoms with Gasteiger partial charge in [0, 0.05) is 17.9 Å². The van der Waals surface area contributed by atoms with Crippen molar-refractivity contribution in [3.05, 3.63) is 59.3 Å². The van der Waals surface area contributed by atoms with Gasteiger partial charge in [0.2, 0.25) is 11.0 Å². The number of amides is 1. The lowest BCUT2D eigenvalue weighted by Crippen LogP contribution is -2.25. The fraction of sp³-hybridized carbons (Fsp3) is 0.320. The van der Waals surface area contributed by atoms with Crippen molar-refractivity contribution in [3.63, 3.8) is 0 Å². The van der Waals surface area contributed by atoms with Crippen molar-refractivity contribution < 1.29 is 14.3 Å². The average molecular weight is 463 g/mol. The Bertz CT molecular complexity index is 1330. The van der Waals surface area contributed by atoms with Gasteiger partial charge in [-0.1, -0.05) is 30.4 Å². The number of nitrogens with one attached hydrogen (secondary N) is 1. The van der Waals surface area contributed by atoms with Crippen LogP contribution < -0.4 is 14.8 Å². The summed E-state index contributed by atoms with van der Waals surface area (Å²) in [6.07, 6.45) is 1.31. The largest absolute Gasteiger partial charge is 0.494 e. The van der Waals surface area contributed by atoms with E-state index < -0.39 is 0 Å². The number of nitrogens with zero attached hydrogens (tertiary/aromatic N) is 3. The van der Waals surface area contributed by atoms with Crippen molar-refractivity contribution >= 4 is 33.3 Å². The van der Waals surface area contributed by atoms with Gasteiger partial charge in [0.15, 0.2) is 0 Å². The highest BCUT2D eigenvalue weighted by Gasteiger charge is 2.33. The summed E-state index contributed by atoms with van der Waals surface area (Å²) in [5, 5.41) is 8.54. The lowest BCUT2D eigenvalue weighted by molar-refractivity contribution is -0.116. The molecule has 1 aliphatic heterocycles. The second-order valence-corrected chi connectivity index (χ2v) is 9.05. The third kappa shape index (κ3) is 4.06. The SMILES string of the molecule is CCCOc1cccc([C@@H]2CC(=O)Nc3c2c(C)nn3-c2nc3ccc(OCC)cc3s2)c1. The summed E-state index contributed by atoms with van der Waals surface area (Å²) in [6.45, 7) is 7.31. The Labute approximate surface area is 196 Å². The van der Waals surface area contributed by atoms with Crippen LogP contribution in [0.25, 0.3) is 15.3 Å². The zero-order chi connectivity index (χ0) is 22.9. The zero-order valence-electron chi connectivity index (χ0n) is 18.9. The molecule has 0 bridgehead atoms. The summed E-state index contributed by atoms with van der Waals surface area (Å²) >= 11 is 1.52. The molecule has 0 saturated carbocycles. The summed E-state index contributed by atoms with van der Waals surface area (Å²) in [7, 11) is 0. The molecule has 0 spiro atoms. The predicted octanol–water partition coefficient (Wildman–Crippen LogP) is 5.45. The van der Waals surface area contributed by atoms with E-state index in [9.17, 15) is 4.79 Å². The number of hydrogen-bond donors (Lipinski definition) is 1. The number of benzene rings is 2. The van der Waals surface area contributed by atoms with Gasteiger partial charge in [-0.25, -0.2) is 4.98 Å². The minimum absolute atomic E-state index is 0.0340. The van der Waals surface area contributed by atoms with Gasteiger partial charge in [0.1, 0.15) is 17.3 Å². The molecule has 8 heteroatoms. The highest BCUT2D eigenvalue weighted by molar-refractivity contribution is 7.20. The Balaban J connectivity index is 1.56. The molecule has 2 aromatic heterocycles. The second kappa shape index (κ2) is 8.86. The van der Waals surface area contributed by atoms with Crippen LogP contribution in [0.15, 0.2) is 42.5 Å². The minimum atomic E-state index is -0.0911. The molecule has 1 N–H and O–H groups in total. The van der Waals surface area contributed by atoms with E-state index in [1.807, 2.05) is 50.2 Å². The van der Waals surface area contributed by atoms with Gasteiger partial charge in [0.05, 0.1) is 29.1 Å². The first-order valence-corrected chi connectivity index (χ1v) is 12.0. The van der Waals surface area contributed by atoms with E-state index in [4.69, 9.17) is 19.6 Å². The standard InChI is InChI=1S/C25H26N4O3S/c1-4-11-32-17-8-6-7-16(12-17)19-14-22(30)27-24-23(19)15(3)28-29(24)25-26-20-10-9-18(31-5-2)13-21(20)33-25/h6-10,12-13,19H,4-5,11,14H2,1-3H3,(H,27,30)/t19-/m0/s1. The lowest BCUT2D eigenvalue weighted by Gasteiger charge is -2.24. The maximum Gasteiger partial charge on any atom is 0.226 e. The second-order valence-electron chi connectivity index (χ2n) is 8.04. The smallest absolute Gasteiger partial charge is 0.226 e. The third-order valence-corrected chi connectivity index (χ3v) is 6.67. The molecule has 1 atom stereocenters. The van der Waals surface area contributed by atoms with E-state index in [1.165, 1.54) is 11.3 Å². The van der Waals surface area contributed by atoms with Crippen LogP contribution in [0.5, 0.6) is 11.5 Å². The summed E-state index contributed by atoms with van der Waals surface area (Å²) in [5.41, 5.74) is 3.83. The quantitative estimate of drug-likeness (QED) is 0.395. The molecule has 3 heterocycles. The molecule has 1 amide bonds. The number of aryl methyl sites for hydroxylation is 1. The molecule has 0 radical (unpaired) electrons. The van der Waals surface area contributed by atoms with E-state index in [1.54, 1.807) is 4.68 Å². The molecule has 4 aromatic rings. The molecule has 1 aliphatic rings. The number of aromatic nitrogens is 3. The number of fused-ring (bicyclic) bond motifs is 2. The van der Waals surface area contributed by atoms with Crippen LogP contribution in [0.2, 0.25) is 0 Å². The Morgan fingerprint density at radius 1 is 1.15 bits per heavy atom. The molecule has 170 valence electrons. The number of hydrogen-bond acceptors (Lipinski definition) is 6. The van der Waals surface area contributed by atoms with Crippen molar-refractivity contribution in [1.29, 1.82) is 0 Å². The molecule has 0 unspecified atom stereocenters. The molecule has 0 saturated heterocycles. The van der Waals surface area contributed by atoms with Crippen molar-refractivity contribution in [2.45, 2.75) is 39.5 Å². The number of ether oxygens (including phenoxy) is 2. The number of anilines is 1. The fourth-order valence-corrected chi connectivity index (χ4v) is 5.20. The van der Waals surface area contributed by atoms with Crippen molar-refractivity contribution in [2.24, 2.45) is 0 Å². The van der Waals surface area contributed by atoms with Crippen LogP contribution in [0.4, 0.5) is 5.82 Å². The lowest BCUT2D eigenvalue weighted by atomic mass is 9.86. The molecular formula is C25H26N4O3S. The van der Waals surface area contributed by atoms with E-state index in [-0.39, 0.29) is 11.8 Å². The fourth-order valence-electron chi connectivity index (χ4n) is 4.25. The van der Waals surface area contributed by atoms with Gasteiger partial charge in [0.25, 0.3) is 0 Å². The Morgan fingerprint density at radius 2 is 2.00 bits per heavy atom. The van der Waals surface area contributed by atoms with Crippen LogP contribution in [-0.2, 0) is 4.79 Å². The van der Waals surface area contributed by atoms with E-state index in [2.05, 4.69) is 18.3 Å². The normalized spacial score (nSPS) is 15.4. The number of carbonyl (C=O) groups is 1. The molecular weight excluding hydrogens is 436 g/mol. The van der Waals surface area contributed by atoms with Crippen molar-refractivity contribution in [1.82, 2.24) is 14.8 Å². The summed E-state index contributed by atoms with van der Waals surface area (Å²) in [6, 6.07) is 13.9. The average Bonchev–Trinajstić information content (AvgIpc) is 3.38. The predicted molar refractivity (Wildman–Crippen MR) is 130 cm³/mol. The number of carbonyl (C=O) groups excluding carboxylic acids is 1. The summed E-state index contributed by atoms with van der Waals surface area (Å²) in [5.74, 6) is 2.21. The van der Waals surface area contributed by atoms with E-state index >= 15 is 0 Å². The van der Waals surface area contributed by atoms with Gasteiger partial charge in [-0.05, 0) is 56.2 Å². The van der Waals surface area contributed by atoms with Gasteiger partial charge in [-0.2, -0.15) is 9.78 Å². The molecule has 0 fully saturated rings. The van der Waals surface area contributed by atoms with Crippen molar-refractivity contribution in [2.75, 3.05) is 18.5 Å². The maximum absolute atomic E-state index is 12.7. The minimum Gasteiger partial charge on any atom is -0.494 e. The van der Waals surface area contributed by atoms with Crippen LogP contribution in [0, 0.1) is 6.92 Å². The zero-order valence-corrected chi connectivity index (χ0v) is 19.7. The highest BCUT2D eigenvalue weighted by Crippen LogP contribution is 2.42. The van der Waals surface area contributed by atoms with Crippen LogP contribution >= 0.6 is 11.3 Å². The van der Waals surface area contributed by atoms with Gasteiger partial charge >= 0.3 is 0 Å². The van der Waals surface area contributed by atoms with Gasteiger partial charge < -0.3 is 14.8 Å². The van der Waals surface area contributed by atoms with Gasteiger partial charge in [-0.3, -0.25) is 4.79 Å². The van der Waals surface area contributed by atoms with E-state index in [0.29, 0.717) is 30.6 Å². The number of thiazole rings is 1. The van der Waals surface area contributed by atoms with Crippen LogP contribution in [0.1, 0.15) is 49.4 Å². The first-order chi connectivity index (χ1) is 16.1. The summed E-state index contributed by atoms with van der Waals surface area (Å²) < 4.78 is 14.2. The molecule has 5 rings (SSSR count). The Hall–Kier alpha value is -3.39. The Kier molecular flexibility index (Phi) is 5.76. The topological polar surface area (TPSA) is 78.3 Å². The molecule has 33 heavy (non-hydrogen) atoms. The highest BCUT2D eigenvalue weighted by atomic mass is 32.1. The van der Waals surface area contributed by atoms with Crippen molar-refractivity contribution in [3.8, 4) is 16.6 Å². The van der Waals surface area contributed by atoms with Crippen LogP contribution in [-0.4, -0.2) is 33.9 Å².